The molecule has 0 aromatic heterocycles. The lowest BCUT2D eigenvalue weighted by Gasteiger charge is -2.22. The minimum Gasteiger partial charge on any atom is -0.315 e. The van der Waals surface area contributed by atoms with Gasteiger partial charge in [0.15, 0.2) is 9.84 Å². The number of benzene rings is 1. The number of sulfone groups is 1. The molecule has 1 heterocycles. The van der Waals surface area contributed by atoms with Crippen LogP contribution in [0.3, 0.4) is 0 Å². The van der Waals surface area contributed by atoms with Gasteiger partial charge in [0.1, 0.15) is 0 Å². The Morgan fingerprint density at radius 2 is 1.84 bits per heavy atom. The van der Waals surface area contributed by atoms with Crippen molar-refractivity contribution in [3.8, 4) is 0 Å². The van der Waals surface area contributed by atoms with Crippen LogP contribution in [0.25, 0.3) is 0 Å². The van der Waals surface area contributed by atoms with Crippen molar-refractivity contribution in [1.29, 1.82) is 0 Å². The number of halogens is 1. The molecule has 0 spiro atoms. The lowest BCUT2D eigenvalue weighted by atomic mass is 10.2. The summed E-state index contributed by atoms with van der Waals surface area (Å²) in [7, 11) is -4.40. The first-order valence-electron chi connectivity index (χ1n) is 8.64. The predicted octanol–water partition coefficient (Wildman–Crippen LogP) is 2.08. The van der Waals surface area contributed by atoms with Crippen molar-refractivity contribution in [3.63, 3.8) is 0 Å². The molecule has 0 bridgehead atoms. The van der Waals surface area contributed by atoms with E-state index in [1.807, 2.05) is 0 Å². The van der Waals surface area contributed by atoms with Crippen LogP contribution in [-0.2, 0) is 20.6 Å². The Morgan fingerprint density at radius 1 is 1.20 bits per heavy atom. The van der Waals surface area contributed by atoms with E-state index < -0.39 is 20.6 Å². The highest BCUT2D eigenvalue weighted by atomic mass is 35.5. The van der Waals surface area contributed by atoms with E-state index in [2.05, 4.69) is 24.1 Å². The molecule has 0 aliphatic carbocycles. The standard InChI is InChI=1S/C17H28N2O3S2.ClH/c1-3-19(4-2)12-13-23(20)15-7-9-16(10-8-15)24(21,22)17-6-5-11-18-14-17;/h7-10,17-18H,3-6,11-14H2,1-2H3;1H. The summed E-state index contributed by atoms with van der Waals surface area (Å²) in [6, 6.07) is 6.60. The molecule has 1 aliphatic rings. The molecule has 2 rings (SSSR count). The normalized spacial score (nSPS) is 19.4. The first-order chi connectivity index (χ1) is 11.5. The molecule has 1 aromatic rings. The van der Waals surface area contributed by atoms with E-state index in [9.17, 15) is 12.6 Å². The Hall–Kier alpha value is -0.470. The van der Waals surface area contributed by atoms with Gasteiger partial charge in [-0.1, -0.05) is 13.8 Å². The number of hydrogen-bond acceptors (Lipinski definition) is 5. The largest absolute Gasteiger partial charge is 0.315 e. The number of nitrogens with zero attached hydrogens (tertiary/aromatic N) is 1. The fraction of sp³-hybridized carbons (Fsp3) is 0.647. The lowest BCUT2D eigenvalue weighted by molar-refractivity contribution is 0.323. The Bertz CT molecular complexity index is 640. The van der Waals surface area contributed by atoms with Gasteiger partial charge in [0.2, 0.25) is 0 Å². The minimum absolute atomic E-state index is 0. The Kier molecular flexibility index (Phi) is 9.59. The molecular weight excluding hydrogens is 380 g/mol. The van der Waals surface area contributed by atoms with Gasteiger partial charge in [-0.15, -0.1) is 12.4 Å². The second-order valence-corrected chi connectivity index (χ2v) is 9.86. The van der Waals surface area contributed by atoms with E-state index in [0.717, 1.165) is 32.6 Å². The molecule has 1 N–H and O–H groups in total. The molecule has 0 amide bonds. The Morgan fingerprint density at radius 3 is 2.36 bits per heavy atom. The average Bonchev–Trinajstić information content (AvgIpc) is 2.63. The van der Waals surface area contributed by atoms with Gasteiger partial charge in [0, 0.05) is 23.7 Å². The van der Waals surface area contributed by atoms with E-state index in [-0.39, 0.29) is 17.7 Å². The van der Waals surface area contributed by atoms with E-state index in [0.29, 0.717) is 28.5 Å². The highest BCUT2D eigenvalue weighted by Crippen LogP contribution is 2.22. The topological polar surface area (TPSA) is 66.5 Å². The van der Waals surface area contributed by atoms with Gasteiger partial charge in [-0.25, -0.2) is 8.42 Å². The SMILES string of the molecule is CCN(CC)CCS(=O)c1ccc(S(=O)(=O)C2CCCNC2)cc1.Cl. The molecule has 1 saturated heterocycles. The van der Waals surface area contributed by atoms with Gasteiger partial charge in [-0.2, -0.15) is 0 Å². The highest BCUT2D eigenvalue weighted by Gasteiger charge is 2.28. The van der Waals surface area contributed by atoms with Crippen molar-refractivity contribution < 1.29 is 12.6 Å². The average molecular weight is 409 g/mol. The summed E-state index contributed by atoms with van der Waals surface area (Å²) in [6.07, 6.45) is 1.59. The molecular formula is C17H29ClN2O3S2. The zero-order valence-corrected chi connectivity index (χ0v) is 17.4. The summed E-state index contributed by atoms with van der Waals surface area (Å²) < 4.78 is 37.6. The molecule has 5 nitrogen and oxygen atoms in total. The maximum absolute atomic E-state index is 12.6. The molecule has 1 aliphatic heterocycles. The zero-order chi connectivity index (χ0) is 17.6. The van der Waals surface area contributed by atoms with Crippen LogP contribution in [0.15, 0.2) is 34.1 Å². The van der Waals surface area contributed by atoms with Crippen LogP contribution in [0.4, 0.5) is 0 Å². The van der Waals surface area contributed by atoms with Crippen LogP contribution < -0.4 is 5.32 Å². The third kappa shape index (κ3) is 6.03. The first-order valence-corrected chi connectivity index (χ1v) is 11.5. The molecule has 144 valence electrons. The quantitative estimate of drug-likeness (QED) is 0.713. The van der Waals surface area contributed by atoms with Crippen LogP contribution >= 0.6 is 12.4 Å². The molecule has 25 heavy (non-hydrogen) atoms. The van der Waals surface area contributed by atoms with Gasteiger partial charge in [-0.3, -0.25) is 4.21 Å². The predicted molar refractivity (Wildman–Crippen MR) is 106 cm³/mol. The third-order valence-corrected chi connectivity index (χ3v) is 8.15. The van der Waals surface area contributed by atoms with Crippen LogP contribution in [0.5, 0.6) is 0 Å². The smallest absolute Gasteiger partial charge is 0.182 e. The van der Waals surface area contributed by atoms with Crippen LogP contribution in [0, 0.1) is 0 Å². The van der Waals surface area contributed by atoms with Crippen molar-refractivity contribution in [2.45, 2.75) is 41.7 Å². The molecule has 2 unspecified atom stereocenters. The molecule has 0 radical (unpaired) electrons. The number of rotatable bonds is 8. The van der Waals surface area contributed by atoms with Gasteiger partial charge in [0.05, 0.1) is 20.9 Å². The van der Waals surface area contributed by atoms with Crippen molar-refractivity contribution in [2.24, 2.45) is 0 Å². The second-order valence-electron chi connectivity index (χ2n) is 6.06. The van der Waals surface area contributed by atoms with E-state index in [1.54, 1.807) is 24.3 Å². The highest BCUT2D eigenvalue weighted by molar-refractivity contribution is 7.92. The van der Waals surface area contributed by atoms with Crippen LogP contribution in [0.1, 0.15) is 26.7 Å². The van der Waals surface area contributed by atoms with Gasteiger partial charge in [0.25, 0.3) is 0 Å². The summed E-state index contributed by atoms with van der Waals surface area (Å²) in [6.45, 7) is 8.25. The van der Waals surface area contributed by atoms with Crippen molar-refractivity contribution in [2.75, 3.05) is 38.5 Å². The summed E-state index contributed by atoms with van der Waals surface area (Å²) in [5.74, 6) is 0.570. The second kappa shape index (κ2) is 10.6. The minimum atomic E-state index is -3.31. The lowest BCUT2D eigenvalue weighted by Crippen LogP contribution is -2.38. The number of nitrogens with one attached hydrogen (secondary N) is 1. The maximum atomic E-state index is 12.6. The summed E-state index contributed by atoms with van der Waals surface area (Å²) >= 11 is 0. The zero-order valence-electron chi connectivity index (χ0n) is 14.9. The molecule has 1 fully saturated rings. The fourth-order valence-electron chi connectivity index (χ4n) is 2.93. The van der Waals surface area contributed by atoms with Gasteiger partial charge >= 0.3 is 0 Å². The summed E-state index contributed by atoms with van der Waals surface area (Å²) in [5.41, 5.74) is 0. The molecule has 1 aromatic carbocycles. The van der Waals surface area contributed by atoms with Gasteiger partial charge < -0.3 is 10.2 Å². The van der Waals surface area contributed by atoms with E-state index in [4.69, 9.17) is 0 Å². The van der Waals surface area contributed by atoms with E-state index >= 15 is 0 Å². The number of piperidine rings is 1. The summed E-state index contributed by atoms with van der Waals surface area (Å²) in [4.78, 5) is 3.26. The molecule has 0 saturated carbocycles. The van der Waals surface area contributed by atoms with Crippen molar-refractivity contribution in [3.05, 3.63) is 24.3 Å². The Balaban J connectivity index is 0.00000312. The van der Waals surface area contributed by atoms with Crippen molar-refractivity contribution >= 4 is 33.0 Å². The van der Waals surface area contributed by atoms with Gasteiger partial charge in [-0.05, 0) is 56.7 Å². The molecule has 8 heteroatoms. The summed E-state index contributed by atoms with van der Waals surface area (Å²) in [5, 5.41) is 2.79. The monoisotopic (exact) mass is 408 g/mol. The maximum Gasteiger partial charge on any atom is 0.182 e. The number of hydrogen-bond donors (Lipinski definition) is 1. The Labute approximate surface area is 160 Å². The fourth-order valence-corrected chi connectivity index (χ4v) is 5.74. The van der Waals surface area contributed by atoms with E-state index in [1.165, 1.54) is 0 Å². The van der Waals surface area contributed by atoms with Crippen LogP contribution in [0.2, 0.25) is 0 Å². The van der Waals surface area contributed by atoms with Crippen molar-refractivity contribution in [1.82, 2.24) is 10.2 Å². The molecule has 2 atom stereocenters. The first kappa shape index (κ1) is 22.6. The third-order valence-electron chi connectivity index (χ3n) is 4.59. The van der Waals surface area contributed by atoms with Crippen LogP contribution in [-0.4, -0.2) is 61.3 Å².